The molecule has 0 saturated heterocycles. The van der Waals surface area contributed by atoms with Gasteiger partial charge in [0.25, 0.3) is 5.91 Å². The summed E-state index contributed by atoms with van der Waals surface area (Å²) in [6.07, 6.45) is 3.27. The van der Waals surface area contributed by atoms with E-state index < -0.39 is 0 Å². The van der Waals surface area contributed by atoms with E-state index in [9.17, 15) is 9.59 Å². The van der Waals surface area contributed by atoms with Crippen LogP contribution in [0.5, 0.6) is 0 Å². The number of amides is 2. The fourth-order valence-corrected chi connectivity index (χ4v) is 3.51. The lowest BCUT2D eigenvalue weighted by molar-refractivity contribution is -0.120. The minimum atomic E-state index is -0.231. The summed E-state index contributed by atoms with van der Waals surface area (Å²) in [7, 11) is 0. The standard InChI is InChI=1S/C21H21Cl2N5O2/c1-13-17(14(2)28(27-13)19-6-5-16(22)10-18(19)23)11-20(29)25-8-9-26-21(30)15-4-3-7-24-12-15/h3-7,10,12H,8-9,11H2,1-2H3,(H,25,29)(H,26,30). The van der Waals surface area contributed by atoms with Gasteiger partial charge in [-0.05, 0) is 44.2 Å². The number of aromatic nitrogens is 3. The smallest absolute Gasteiger partial charge is 0.252 e. The second kappa shape index (κ2) is 9.73. The highest BCUT2D eigenvalue weighted by Gasteiger charge is 2.17. The molecule has 2 aromatic heterocycles. The maximum absolute atomic E-state index is 12.4. The Morgan fingerprint density at radius 2 is 1.87 bits per heavy atom. The molecule has 156 valence electrons. The Labute approximate surface area is 184 Å². The predicted molar refractivity (Wildman–Crippen MR) is 116 cm³/mol. The molecule has 0 fully saturated rings. The summed E-state index contributed by atoms with van der Waals surface area (Å²) in [5.74, 6) is -0.385. The van der Waals surface area contributed by atoms with E-state index >= 15 is 0 Å². The Balaban J connectivity index is 1.57. The van der Waals surface area contributed by atoms with Gasteiger partial charge in [-0.2, -0.15) is 5.10 Å². The van der Waals surface area contributed by atoms with Crippen molar-refractivity contribution in [3.05, 3.63) is 75.3 Å². The molecule has 0 saturated carbocycles. The number of carbonyl (C=O) groups is 2. The molecule has 2 heterocycles. The van der Waals surface area contributed by atoms with Crippen LogP contribution in [0.3, 0.4) is 0 Å². The fraction of sp³-hybridized carbons (Fsp3) is 0.238. The van der Waals surface area contributed by atoms with Crippen LogP contribution < -0.4 is 10.6 Å². The molecule has 0 atom stereocenters. The van der Waals surface area contributed by atoms with Crippen LogP contribution in [0.2, 0.25) is 10.0 Å². The summed E-state index contributed by atoms with van der Waals surface area (Å²) in [5.41, 5.74) is 3.59. The minimum absolute atomic E-state index is 0.154. The number of halogens is 2. The third-order valence-corrected chi connectivity index (χ3v) is 5.11. The molecule has 1 aromatic carbocycles. The summed E-state index contributed by atoms with van der Waals surface area (Å²) < 4.78 is 1.71. The normalized spacial score (nSPS) is 10.7. The predicted octanol–water partition coefficient (Wildman–Crippen LogP) is 3.28. The molecule has 0 bridgehead atoms. The molecular formula is C21H21Cl2N5O2. The molecule has 2 amide bonds. The average molecular weight is 446 g/mol. The largest absolute Gasteiger partial charge is 0.354 e. The number of carbonyl (C=O) groups excluding carboxylic acids is 2. The lowest BCUT2D eigenvalue weighted by atomic mass is 10.1. The van der Waals surface area contributed by atoms with Crippen molar-refractivity contribution in [2.24, 2.45) is 0 Å². The van der Waals surface area contributed by atoms with Crippen molar-refractivity contribution in [3.8, 4) is 5.69 Å². The summed E-state index contributed by atoms with van der Waals surface area (Å²) in [4.78, 5) is 28.2. The molecule has 0 aliphatic heterocycles. The Kier molecular flexibility index (Phi) is 7.07. The topological polar surface area (TPSA) is 88.9 Å². The quantitative estimate of drug-likeness (QED) is 0.546. The van der Waals surface area contributed by atoms with Crippen LogP contribution in [-0.4, -0.2) is 39.7 Å². The van der Waals surface area contributed by atoms with Gasteiger partial charge < -0.3 is 10.6 Å². The zero-order valence-electron chi connectivity index (χ0n) is 16.6. The van der Waals surface area contributed by atoms with Crippen LogP contribution in [0.15, 0.2) is 42.7 Å². The van der Waals surface area contributed by atoms with Crippen molar-refractivity contribution in [3.63, 3.8) is 0 Å². The number of nitrogens with zero attached hydrogens (tertiary/aromatic N) is 3. The van der Waals surface area contributed by atoms with E-state index in [0.717, 1.165) is 17.0 Å². The first kappa shape index (κ1) is 21.8. The number of hydrogen-bond acceptors (Lipinski definition) is 4. The molecule has 0 aliphatic carbocycles. The van der Waals surface area contributed by atoms with Crippen LogP contribution in [-0.2, 0) is 11.2 Å². The minimum Gasteiger partial charge on any atom is -0.354 e. The van der Waals surface area contributed by atoms with E-state index in [1.165, 1.54) is 6.20 Å². The van der Waals surface area contributed by atoms with Gasteiger partial charge in [-0.25, -0.2) is 4.68 Å². The third-order valence-electron chi connectivity index (χ3n) is 4.57. The van der Waals surface area contributed by atoms with Gasteiger partial charge in [0.05, 0.1) is 28.4 Å². The Morgan fingerprint density at radius 3 is 2.57 bits per heavy atom. The van der Waals surface area contributed by atoms with Gasteiger partial charge in [-0.1, -0.05) is 23.2 Å². The van der Waals surface area contributed by atoms with Crippen molar-refractivity contribution in [1.29, 1.82) is 0 Å². The second-order valence-electron chi connectivity index (χ2n) is 6.68. The molecule has 9 heteroatoms. The number of pyridine rings is 1. The first-order chi connectivity index (χ1) is 14.4. The molecule has 2 N–H and O–H groups in total. The number of aryl methyl sites for hydroxylation is 1. The van der Waals surface area contributed by atoms with Crippen LogP contribution in [0.1, 0.15) is 27.3 Å². The van der Waals surface area contributed by atoms with E-state index in [1.807, 2.05) is 13.8 Å². The lowest BCUT2D eigenvalue weighted by Gasteiger charge is -2.09. The van der Waals surface area contributed by atoms with Crippen LogP contribution in [0.25, 0.3) is 5.69 Å². The first-order valence-electron chi connectivity index (χ1n) is 9.32. The number of rotatable bonds is 7. The van der Waals surface area contributed by atoms with Crippen molar-refractivity contribution in [2.75, 3.05) is 13.1 Å². The van der Waals surface area contributed by atoms with Crippen molar-refractivity contribution in [2.45, 2.75) is 20.3 Å². The monoisotopic (exact) mass is 445 g/mol. The van der Waals surface area contributed by atoms with Crippen molar-refractivity contribution in [1.82, 2.24) is 25.4 Å². The molecule has 30 heavy (non-hydrogen) atoms. The van der Waals surface area contributed by atoms with Crippen LogP contribution in [0.4, 0.5) is 0 Å². The summed E-state index contributed by atoms with van der Waals surface area (Å²) in [6, 6.07) is 8.56. The van der Waals surface area contributed by atoms with Gasteiger partial charge in [0, 0.05) is 41.8 Å². The highest BCUT2D eigenvalue weighted by atomic mass is 35.5. The zero-order chi connectivity index (χ0) is 21.7. The molecule has 0 radical (unpaired) electrons. The second-order valence-corrected chi connectivity index (χ2v) is 7.52. The highest BCUT2D eigenvalue weighted by Crippen LogP contribution is 2.27. The van der Waals surface area contributed by atoms with Crippen molar-refractivity contribution >= 4 is 35.0 Å². The maximum Gasteiger partial charge on any atom is 0.252 e. The van der Waals surface area contributed by atoms with E-state index in [4.69, 9.17) is 23.2 Å². The van der Waals surface area contributed by atoms with Crippen LogP contribution >= 0.6 is 23.2 Å². The molecule has 7 nitrogen and oxygen atoms in total. The summed E-state index contributed by atoms with van der Waals surface area (Å²) >= 11 is 12.3. The highest BCUT2D eigenvalue weighted by molar-refractivity contribution is 6.35. The van der Waals surface area contributed by atoms with Gasteiger partial charge in [0.15, 0.2) is 0 Å². The molecule has 0 aliphatic rings. The molecule has 3 rings (SSSR count). The maximum atomic E-state index is 12.4. The Hall–Kier alpha value is -2.90. The number of nitrogens with one attached hydrogen (secondary N) is 2. The SMILES string of the molecule is Cc1nn(-c2ccc(Cl)cc2Cl)c(C)c1CC(=O)NCCNC(=O)c1cccnc1. The van der Waals surface area contributed by atoms with Crippen LogP contribution in [0, 0.1) is 13.8 Å². The van der Waals surface area contributed by atoms with E-state index in [-0.39, 0.29) is 18.2 Å². The lowest BCUT2D eigenvalue weighted by Crippen LogP contribution is -2.35. The van der Waals surface area contributed by atoms with Gasteiger partial charge in [-0.15, -0.1) is 0 Å². The van der Waals surface area contributed by atoms with E-state index in [2.05, 4.69) is 20.7 Å². The average Bonchev–Trinajstić information content (AvgIpc) is 3.00. The van der Waals surface area contributed by atoms with Gasteiger partial charge >= 0.3 is 0 Å². The number of hydrogen-bond donors (Lipinski definition) is 2. The molecule has 3 aromatic rings. The van der Waals surface area contributed by atoms with Gasteiger partial charge in [0.1, 0.15) is 0 Å². The Bertz CT molecular complexity index is 1070. The van der Waals surface area contributed by atoms with E-state index in [1.54, 1.807) is 41.2 Å². The van der Waals surface area contributed by atoms with E-state index in [0.29, 0.717) is 34.4 Å². The summed E-state index contributed by atoms with van der Waals surface area (Å²) in [5, 5.41) is 11.1. The fourth-order valence-electron chi connectivity index (χ4n) is 3.02. The molecular weight excluding hydrogens is 425 g/mol. The van der Waals surface area contributed by atoms with Gasteiger partial charge in [0.2, 0.25) is 5.91 Å². The van der Waals surface area contributed by atoms with Gasteiger partial charge in [-0.3, -0.25) is 14.6 Å². The zero-order valence-corrected chi connectivity index (χ0v) is 18.1. The summed E-state index contributed by atoms with van der Waals surface area (Å²) in [6.45, 7) is 4.38. The molecule has 0 spiro atoms. The molecule has 0 unspecified atom stereocenters. The first-order valence-corrected chi connectivity index (χ1v) is 10.1. The van der Waals surface area contributed by atoms with Crippen molar-refractivity contribution < 1.29 is 9.59 Å². The third kappa shape index (κ3) is 5.17. The Morgan fingerprint density at radius 1 is 1.10 bits per heavy atom. The number of benzene rings is 1.